The maximum Gasteiger partial charge on any atom is 0.233 e. The Morgan fingerprint density at radius 2 is 1.11 bits per heavy atom. The first-order valence-electron chi connectivity index (χ1n) is 25.6. The van der Waals surface area contributed by atoms with Crippen molar-refractivity contribution in [2.24, 2.45) is 4.99 Å². The summed E-state index contributed by atoms with van der Waals surface area (Å²) < 4.78 is 0. The quantitative estimate of drug-likeness (QED) is 0.159. The molecule has 0 fully saturated rings. The molecule has 2 atom stereocenters. The maximum absolute atomic E-state index is 6.15. The fraction of sp³-hybridized carbons (Fsp3) is 0.0317. The normalized spacial score (nSPS) is 17.3. The van der Waals surface area contributed by atoms with Gasteiger partial charge in [-0.15, -0.1) is 10.2 Å². The van der Waals surface area contributed by atoms with Gasteiger partial charge < -0.3 is 5.32 Å². The maximum atomic E-state index is 6.15. The molecule has 370 valence electrons. The fourth-order valence-corrected chi connectivity index (χ4v) is 11.4. The largest absolute Gasteiger partial charge is 0.336 e. The first-order chi connectivity index (χ1) is 39.1. The lowest BCUT2D eigenvalue weighted by atomic mass is 9.82. The van der Waals surface area contributed by atoms with Crippen LogP contribution >= 0.6 is 0 Å². The van der Waals surface area contributed by atoms with Crippen molar-refractivity contribution >= 4 is 99.6 Å². The van der Waals surface area contributed by atoms with Crippen LogP contribution in [0.2, 0.25) is 0 Å². The molecule has 8 aromatic heterocycles. The molecule has 2 aliphatic heterocycles. The Kier molecular flexibility index (Phi) is 9.62. The van der Waals surface area contributed by atoms with E-state index in [2.05, 4.69) is 50.5 Å². The number of fused-ring (bicyclic) bond motifs is 8. The number of amidine groups is 1. The zero-order chi connectivity index (χ0) is 52.1. The van der Waals surface area contributed by atoms with E-state index in [1.807, 2.05) is 176 Å². The van der Waals surface area contributed by atoms with Crippen LogP contribution in [0.15, 0.2) is 236 Å². The minimum atomic E-state index is -1.91. The third kappa shape index (κ3) is 6.64. The summed E-state index contributed by atoms with van der Waals surface area (Å²) in [4.78, 5) is 53.9. The molecule has 16 nitrogen and oxygen atoms in total. The Hall–Kier alpha value is -11.1. The van der Waals surface area contributed by atoms with E-state index in [9.17, 15) is 0 Å². The fourth-order valence-electron chi connectivity index (χ4n) is 11.4. The minimum Gasteiger partial charge on any atom is -0.336 e. The first-order valence-corrected chi connectivity index (χ1v) is 25.6. The Balaban J connectivity index is 1.20. The lowest BCUT2D eigenvalue weighted by Gasteiger charge is -2.59. The SMILES string of the molecule is c1ccc2nnc(C3(c4ccc5cccnc5n4)N(c4ncc5ccccc5n4)C(c4cnc5ccccc5n4)=C4NC(c5nncc6ccccc56)=NC4(c4ccc5ccccc5n4)N3c3nccc4ccccc34)cc2c1. The van der Waals surface area contributed by atoms with Gasteiger partial charge in [-0.1, -0.05) is 121 Å². The van der Waals surface area contributed by atoms with E-state index in [1.165, 1.54) is 0 Å². The Labute approximate surface area is 448 Å². The summed E-state index contributed by atoms with van der Waals surface area (Å²) >= 11 is 0. The number of anilines is 2. The van der Waals surface area contributed by atoms with Crippen molar-refractivity contribution < 1.29 is 0 Å². The highest BCUT2D eigenvalue weighted by atomic mass is 15.6. The lowest BCUT2D eigenvalue weighted by molar-refractivity contribution is 0.321. The van der Waals surface area contributed by atoms with E-state index >= 15 is 0 Å². The highest BCUT2D eigenvalue weighted by Crippen LogP contribution is 2.60. The van der Waals surface area contributed by atoms with Gasteiger partial charge in [-0.2, -0.15) is 10.2 Å². The highest BCUT2D eigenvalue weighted by Gasteiger charge is 2.68. The van der Waals surface area contributed by atoms with Gasteiger partial charge in [0.25, 0.3) is 0 Å². The molecule has 1 N–H and O–H groups in total. The summed E-state index contributed by atoms with van der Waals surface area (Å²) in [5, 5.41) is 30.7. The van der Waals surface area contributed by atoms with Gasteiger partial charge in [0.15, 0.2) is 11.5 Å². The van der Waals surface area contributed by atoms with Crippen molar-refractivity contribution in [2.75, 3.05) is 9.80 Å². The molecule has 10 heterocycles. The van der Waals surface area contributed by atoms with Crippen molar-refractivity contribution in [3.63, 3.8) is 0 Å². The lowest BCUT2D eigenvalue weighted by Crippen LogP contribution is -2.70. The van der Waals surface area contributed by atoms with Crippen molar-refractivity contribution in [1.29, 1.82) is 0 Å². The van der Waals surface area contributed by atoms with Crippen molar-refractivity contribution in [3.8, 4) is 0 Å². The van der Waals surface area contributed by atoms with Gasteiger partial charge in [0, 0.05) is 56.3 Å². The van der Waals surface area contributed by atoms with Crippen LogP contribution in [0.3, 0.4) is 0 Å². The molecule has 2 aliphatic rings. The van der Waals surface area contributed by atoms with Gasteiger partial charge >= 0.3 is 0 Å². The van der Waals surface area contributed by atoms with E-state index in [0.29, 0.717) is 79.2 Å². The number of benzene rings is 6. The number of hydrogen-bond donors (Lipinski definition) is 1. The van der Waals surface area contributed by atoms with Crippen LogP contribution in [-0.2, 0) is 11.3 Å². The van der Waals surface area contributed by atoms with Crippen LogP contribution in [0, 0.1) is 0 Å². The van der Waals surface area contributed by atoms with Crippen molar-refractivity contribution in [2.45, 2.75) is 11.3 Å². The molecule has 2 unspecified atom stereocenters. The standard InChI is InChI=1S/C63H38N16/c1-7-21-45-38(14-1)31-33-65-60(45)79-62(52-29-27-39-15-3-8-22-46(39)70-52)57(73-59(74-62)55-44-20-6-2-17-42(44)36-68-77-55)56(51-37-66-49-25-11-12-26-50(49)69-51)78(61-67-35-43-18-5-9-23-47(43)71-61)63(79,53-30-28-40-19-13-32-64-58(40)72-53)54-34-41-16-4-10-24-48(41)75-76-54/h1-37H,(H,73,74). The van der Waals surface area contributed by atoms with E-state index in [4.69, 9.17) is 60.2 Å². The average molecular weight is 1020 g/mol. The number of pyridine rings is 4. The van der Waals surface area contributed by atoms with Crippen LogP contribution in [-0.4, -0.2) is 66.1 Å². The Morgan fingerprint density at radius 3 is 1.99 bits per heavy atom. The molecule has 0 saturated carbocycles. The molecule has 0 saturated heterocycles. The molecule has 0 aliphatic carbocycles. The highest BCUT2D eigenvalue weighted by molar-refractivity contribution is 6.12. The number of aliphatic imine (C=N–C) groups is 1. The van der Waals surface area contributed by atoms with Gasteiger partial charge in [0.1, 0.15) is 22.9 Å². The zero-order valence-corrected chi connectivity index (χ0v) is 41.6. The van der Waals surface area contributed by atoms with Gasteiger partial charge in [0.05, 0.1) is 62.8 Å². The number of aromatic nitrogens is 12. The second-order valence-electron chi connectivity index (χ2n) is 19.4. The molecule has 0 bridgehead atoms. The predicted octanol–water partition coefficient (Wildman–Crippen LogP) is 11.0. The van der Waals surface area contributed by atoms with Gasteiger partial charge in [0.2, 0.25) is 17.3 Å². The van der Waals surface area contributed by atoms with Gasteiger partial charge in [-0.25, -0.2) is 39.9 Å². The summed E-state index contributed by atoms with van der Waals surface area (Å²) in [6, 6.07) is 64.0. The number of rotatable bonds is 7. The topological polar surface area (TPSA) is 186 Å². The monoisotopic (exact) mass is 1020 g/mol. The summed E-state index contributed by atoms with van der Waals surface area (Å²) in [6.07, 6.45) is 8.94. The van der Waals surface area contributed by atoms with Gasteiger partial charge in [-0.3, -0.25) is 14.8 Å². The first kappa shape index (κ1) is 44.2. The van der Waals surface area contributed by atoms with Crippen LogP contribution in [0.25, 0.3) is 82.0 Å². The molecule has 0 spiro atoms. The summed E-state index contributed by atoms with van der Waals surface area (Å²) in [5.41, 5.74) is 3.41. The van der Waals surface area contributed by atoms with Crippen LogP contribution in [0.4, 0.5) is 11.8 Å². The van der Waals surface area contributed by atoms with Crippen LogP contribution < -0.4 is 15.1 Å². The van der Waals surface area contributed by atoms with Gasteiger partial charge in [-0.05, 0) is 78.2 Å². The van der Waals surface area contributed by atoms with E-state index in [-0.39, 0.29) is 5.95 Å². The molecule has 79 heavy (non-hydrogen) atoms. The molecule has 16 heteroatoms. The number of hydrogen-bond acceptors (Lipinski definition) is 16. The van der Waals surface area contributed by atoms with Crippen molar-refractivity contribution in [3.05, 3.63) is 259 Å². The third-order valence-corrected chi connectivity index (χ3v) is 15.0. The zero-order valence-electron chi connectivity index (χ0n) is 41.6. The van der Waals surface area contributed by atoms with E-state index in [1.54, 1.807) is 18.6 Å². The summed E-state index contributed by atoms with van der Waals surface area (Å²) in [5.74, 6) is 1.12. The molecule has 16 rings (SSSR count). The number of nitrogens with one attached hydrogen (secondary N) is 1. The molecular formula is C63H38N16. The Morgan fingerprint density at radius 1 is 0.418 bits per heavy atom. The molecular weight excluding hydrogens is 981 g/mol. The molecule has 0 radical (unpaired) electrons. The molecule has 0 amide bonds. The second-order valence-corrected chi connectivity index (χ2v) is 19.4. The summed E-state index contributed by atoms with van der Waals surface area (Å²) in [6.45, 7) is 0. The van der Waals surface area contributed by atoms with Crippen LogP contribution in [0.5, 0.6) is 0 Å². The van der Waals surface area contributed by atoms with E-state index in [0.717, 1.165) is 48.6 Å². The number of nitrogens with zero attached hydrogens (tertiary/aromatic N) is 15. The average Bonchev–Trinajstić information content (AvgIpc) is 2.56. The predicted molar refractivity (Wildman–Crippen MR) is 305 cm³/mol. The molecule has 6 aromatic carbocycles. The smallest absolute Gasteiger partial charge is 0.233 e. The van der Waals surface area contributed by atoms with Crippen LogP contribution in [0.1, 0.15) is 28.5 Å². The second kappa shape index (κ2) is 17.2. The number of para-hydroxylation sites is 4. The summed E-state index contributed by atoms with van der Waals surface area (Å²) in [7, 11) is 0. The molecule has 14 aromatic rings. The van der Waals surface area contributed by atoms with E-state index < -0.39 is 11.3 Å². The minimum absolute atomic E-state index is 0.250. The third-order valence-electron chi connectivity index (χ3n) is 15.0. The van der Waals surface area contributed by atoms with Crippen molar-refractivity contribution in [1.82, 2.24) is 65.6 Å². The Bertz CT molecular complexity index is 4820.